The Morgan fingerprint density at radius 2 is 1.86 bits per heavy atom. The van der Waals surface area contributed by atoms with Crippen LogP contribution in [0.5, 0.6) is 0 Å². The van der Waals surface area contributed by atoms with Crippen molar-refractivity contribution in [3.8, 4) is 0 Å². The van der Waals surface area contributed by atoms with Crippen LogP contribution in [0.2, 0.25) is 5.15 Å². The summed E-state index contributed by atoms with van der Waals surface area (Å²) in [7, 11) is 0. The van der Waals surface area contributed by atoms with Gasteiger partial charge in [0.15, 0.2) is 10.8 Å². The normalized spacial score (nSPS) is 19.5. The summed E-state index contributed by atoms with van der Waals surface area (Å²) in [5.74, 6) is 0.0538. The Labute approximate surface area is 135 Å². The van der Waals surface area contributed by atoms with Crippen LogP contribution in [-0.4, -0.2) is 32.3 Å². The maximum atomic E-state index is 13.2. The molecule has 116 valence electrons. The first-order valence-electron chi connectivity index (χ1n) is 8.21. The molecule has 4 rings (SSSR count). The van der Waals surface area contributed by atoms with E-state index in [1.54, 1.807) is 0 Å². The van der Waals surface area contributed by atoms with Crippen molar-refractivity contribution in [3.63, 3.8) is 0 Å². The van der Waals surface area contributed by atoms with Gasteiger partial charge in [-0.05, 0) is 37.8 Å². The maximum absolute atomic E-state index is 13.2. The van der Waals surface area contributed by atoms with E-state index in [1.807, 2.05) is 28.8 Å². The molecule has 1 amide bonds. The zero-order valence-corrected chi connectivity index (χ0v) is 13.3. The zero-order chi connectivity index (χ0) is 15.1. The summed E-state index contributed by atoms with van der Waals surface area (Å²) in [6.07, 6.45) is 10.1. The van der Waals surface area contributed by atoms with E-state index >= 15 is 0 Å². The average Bonchev–Trinajstić information content (AvgIpc) is 3.29. The first-order chi connectivity index (χ1) is 10.8. The van der Waals surface area contributed by atoms with Crippen LogP contribution in [0.4, 0.5) is 0 Å². The highest BCUT2D eigenvalue weighted by Crippen LogP contribution is 2.35. The number of rotatable bonds is 3. The number of pyridine rings is 1. The highest BCUT2D eigenvalue weighted by Gasteiger charge is 2.39. The fourth-order valence-corrected chi connectivity index (χ4v) is 3.88. The average molecular weight is 318 g/mol. The van der Waals surface area contributed by atoms with Crippen LogP contribution in [0.3, 0.4) is 0 Å². The van der Waals surface area contributed by atoms with Crippen molar-refractivity contribution >= 4 is 23.2 Å². The number of aromatic nitrogens is 2. The third-order valence-corrected chi connectivity index (χ3v) is 5.10. The summed E-state index contributed by atoms with van der Waals surface area (Å²) in [5.41, 5.74) is 1.25. The summed E-state index contributed by atoms with van der Waals surface area (Å²) in [5, 5.41) is 0.317. The van der Waals surface area contributed by atoms with Crippen LogP contribution in [0.15, 0.2) is 24.4 Å². The van der Waals surface area contributed by atoms with Gasteiger partial charge in [0.2, 0.25) is 0 Å². The van der Waals surface area contributed by atoms with Crippen molar-refractivity contribution in [3.05, 3.63) is 35.2 Å². The standard InChI is InChI=1S/C17H20ClN3O/c18-16-15(20-11-5-4-8-14(20)19-16)17(22)21(13-9-10-13)12-6-2-1-3-7-12/h4-5,8,11-13H,1-3,6-7,9-10H2. The van der Waals surface area contributed by atoms with Crippen LogP contribution in [0, 0.1) is 0 Å². The molecular formula is C17H20ClN3O. The lowest BCUT2D eigenvalue weighted by Gasteiger charge is -2.34. The van der Waals surface area contributed by atoms with Crippen LogP contribution >= 0.6 is 11.6 Å². The molecule has 2 aromatic heterocycles. The van der Waals surface area contributed by atoms with Crippen molar-refractivity contribution in [2.75, 3.05) is 0 Å². The predicted molar refractivity (Wildman–Crippen MR) is 86.3 cm³/mol. The molecule has 2 aromatic rings. The minimum Gasteiger partial charge on any atom is -0.331 e. The van der Waals surface area contributed by atoms with Gasteiger partial charge < -0.3 is 4.90 Å². The molecule has 0 bridgehead atoms. The maximum Gasteiger partial charge on any atom is 0.274 e. The van der Waals surface area contributed by atoms with E-state index in [2.05, 4.69) is 9.88 Å². The molecule has 0 saturated heterocycles. The molecule has 0 atom stereocenters. The Kier molecular flexibility index (Phi) is 3.57. The van der Waals surface area contributed by atoms with E-state index < -0.39 is 0 Å². The lowest BCUT2D eigenvalue weighted by Crippen LogP contribution is -2.43. The van der Waals surface area contributed by atoms with Crippen molar-refractivity contribution in [2.24, 2.45) is 0 Å². The number of carbonyl (C=O) groups is 1. The molecule has 2 aliphatic rings. The minimum absolute atomic E-state index is 0.0538. The fourth-order valence-electron chi connectivity index (χ4n) is 3.62. The Hall–Kier alpha value is -1.55. The quantitative estimate of drug-likeness (QED) is 0.860. The number of nitrogens with zero attached hydrogens (tertiary/aromatic N) is 3. The van der Waals surface area contributed by atoms with Gasteiger partial charge in [-0.3, -0.25) is 9.20 Å². The first-order valence-corrected chi connectivity index (χ1v) is 8.59. The van der Waals surface area contributed by atoms with Crippen molar-refractivity contribution in [1.82, 2.24) is 14.3 Å². The Bertz CT molecular complexity index is 701. The largest absolute Gasteiger partial charge is 0.331 e. The lowest BCUT2D eigenvalue weighted by molar-refractivity contribution is 0.0607. The van der Waals surface area contributed by atoms with Gasteiger partial charge in [-0.15, -0.1) is 0 Å². The van der Waals surface area contributed by atoms with Gasteiger partial charge in [0.1, 0.15) is 5.65 Å². The second-order valence-electron chi connectivity index (χ2n) is 6.42. The van der Waals surface area contributed by atoms with Crippen LogP contribution < -0.4 is 0 Å². The fraction of sp³-hybridized carbons (Fsp3) is 0.529. The number of hydrogen-bond donors (Lipinski definition) is 0. The molecule has 0 aromatic carbocycles. The Balaban J connectivity index is 1.72. The summed E-state index contributed by atoms with van der Waals surface area (Å²) in [6.45, 7) is 0. The highest BCUT2D eigenvalue weighted by atomic mass is 35.5. The van der Waals surface area contributed by atoms with E-state index in [0.29, 0.717) is 22.9 Å². The van der Waals surface area contributed by atoms with Gasteiger partial charge in [-0.1, -0.05) is 36.9 Å². The third-order valence-electron chi connectivity index (χ3n) is 4.83. The first kappa shape index (κ1) is 14.1. The van der Waals surface area contributed by atoms with Gasteiger partial charge in [-0.25, -0.2) is 4.98 Å². The lowest BCUT2D eigenvalue weighted by atomic mass is 9.94. The molecule has 2 aliphatic carbocycles. The molecule has 2 heterocycles. The minimum atomic E-state index is 0.0538. The van der Waals surface area contributed by atoms with E-state index in [9.17, 15) is 4.79 Å². The molecule has 2 fully saturated rings. The van der Waals surface area contributed by atoms with Crippen LogP contribution in [0.25, 0.3) is 5.65 Å². The van der Waals surface area contributed by atoms with E-state index in [4.69, 9.17) is 11.6 Å². The molecule has 0 aliphatic heterocycles. The smallest absolute Gasteiger partial charge is 0.274 e. The highest BCUT2D eigenvalue weighted by molar-refractivity contribution is 6.32. The van der Waals surface area contributed by atoms with E-state index in [-0.39, 0.29) is 5.91 Å². The summed E-state index contributed by atoms with van der Waals surface area (Å²) in [4.78, 5) is 19.6. The number of hydrogen-bond acceptors (Lipinski definition) is 2. The SMILES string of the molecule is O=C(c1c(Cl)nc2ccccn12)N(C1CCCCC1)C1CC1. The summed E-state index contributed by atoms with van der Waals surface area (Å²) >= 11 is 6.29. The topological polar surface area (TPSA) is 37.6 Å². The molecule has 2 saturated carbocycles. The van der Waals surface area contributed by atoms with Gasteiger partial charge in [0, 0.05) is 18.3 Å². The van der Waals surface area contributed by atoms with E-state index in [1.165, 1.54) is 19.3 Å². The molecule has 0 radical (unpaired) electrons. The molecule has 0 N–H and O–H groups in total. The number of carbonyl (C=O) groups excluding carboxylic acids is 1. The molecule has 0 unspecified atom stereocenters. The third kappa shape index (κ3) is 2.39. The number of amides is 1. The second-order valence-corrected chi connectivity index (χ2v) is 6.77. The zero-order valence-electron chi connectivity index (χ0n) is 12.5. The van der Waals surface area contributed by atoms with Crippen LogP contribution in [-0.2, 0) is 0 Å². The number of halogens is 1. The number of fused-ring (bicyclic) bond motifs is 1. The monoisotopic (exact) mass is 317 g/mol. The molecule has 4 nitrogen and oxygen atoms in total. The molecule has 22 heavy (non-hydrogen) atoms. The van der Waals surface area contributed by atoms with Crippen molar-refractivity contribution < 1.29 is 4.79 Å². The molecule has 0 spiro atoms. The number of imidazole rings is 1. The Morgan fingerprint density at radius 1 is 1.14 bits per heavy atom. The summed E-state index contributed by atoms with van der Waals surface area (Å²) in [6, 6.07) is 6.47. The van der Waals surface area contributed by atoms with Crippen LogP contribution in [0.1, 0.15) is 55.4 Å². The van der Waals surface area contributed by atoms with Gasteiger partial charge in [0.25, 0.3) is 5.91 Å². The van der Waals surface area contributed by atoms with Crippen molar-refractivity contribution in [1.29, 1.82) is 0 Å². The van der Waals surface area contributed by atoms with Gasteiger partial charge >= 0.3 is 0 Å². The van der Waals surface area contributed by atoms with E-state index in [0.717, 1.165) is 31.3 Å². The summed E-state index contributed by atoms with van der Waals surface area (Å²) < 4.78 is 1.82. The Morgan fingerprint density at radius 3 is 2.59 bits per heavy atom. The molecular weight excluding hydrogens is 298 g/mol. The van der Waals surface area contributed by atoms with Crippen molar-refractivity contribution in [2.45, 2.75) is 57.0 Å². The molecule has 5 heteroatoms. The van der Waals surface area contributed by atoms with Gasteiger partial charge in [-0.2, -0.15) is 0 Å². The van der Waals surface area contributed by atoms with Gasteiger partial charge in [0.05, 0.1) is 0 Å². The second kappa shape index (κ2) is 5.58. The predicted octanol–water partition coefficient (Wildman–Crippen LogP) is 3.93.